The molecule has 1 aromatic carbocycles. The van der Waals surface area contributed by atoms with Crippen LogP contribution in [0.5, 0.6) is 0 Å². The van der Waals surface area contributed by atoms with Crippen molar-refractivity contribution in [1.29, 1.82) is 0 Å². The van der Waals surface area contributed by atoms with Crippen LogP contribution in [0.4, 0.5) is 17.1 Å². The smallest absolute Gasteiger partial charge is 0.213 e. The van der Waals surface area contributed by atoms with Crippen LogP contribution in [0.2, 0.25) is 0 Å². The highest BCUT2D eigenvalue weighted by atomic mass is 15.4. The van der Waals surface area contributed by atoms with Crippen molar-refractivity contribution in [2.45, 2.75) is 0 Å². The average Bonchev–Trinajstić information content (AvgIpc) is 2.69. The quantitative estimate of drug-likeness (QED) is 0.719. The van der Waals surface area contributed by atoms with Crippen molar-refractivity contribution < 1.29 is 0 Å². The number of benzene rings is 1. The molecule has 0 amide bonds. The topological polar surface area (TPSA) is 19.4 Å². The Balaban J connectivity index is 2.07. The molecule has 0 saturated carbocycles. The first kappa shape index (κ1) is 9.21. The van der Waals surface area contributed by atoms with Crippen molar-refractivity contribution in [1.82, 2.24) is 4.98 Å². The van der Waals surface area contributed by atoms with Gasteiger partial charge >= 0.3 is 0 Å². The van der Waals surface area contributed by atoms with Crippen LogP contribution in [0, 0.1) is 6.67 Å². The Kier molecular flexibility index (Phi) is 2.03. The Morgan fingerprint density at radius 1 is 1.06 bits per heavy atom. The lowest BCUT2D eigenvalue weighted by atomic mass is 10.2. The van der Waals surface area contributed by atoms with Gasteiger partial charge in [-0.15, -0.1) is 0 Å². The highest BCUT2D eigenvalue weighted by Gasteiger charge is 2.25. The number of para-hydroxylation sites is 2. The second-order valence-corrected chi connectivity index (χ2v) is 3.69. The number of pyridine rings is 1. The second-order valence-electron chi connectivity index (χ2n) is 3.69. The molecule has 0 saturated heterocycles. The van der Waals surface area contributed by atoms with Crippen molar-refractivity contribution in [3.63, 3.8) is 0 Å². The van der Waals surface area contributed by atoms with Gasteiger partial charge < -0.3 is 9.80 Å². The van der Waals surface area contributed by atoms with Gasteiger partial charge in [-0.25, -0.2) is 0 Å². The summed E-state index contributed by atoms with van der Waals surface area (Å²) < 4.78 is 0. The predicted octanol–water partition coefficient (Wildman–Crippen LogP) is 2.67. The molecule has 16 heavy (non-hydrogen) atoms. The number of fused-ring (bicyclic) bond motifs is 1. The van der Waals surface area contributed by atoms with Crippen molar-refractivity contribution in [3.05, 3.63) is 55.5 Å². The Hall–Kier alpha value is -2.03. The number of rotatable bonds is 1. The van der Waals surface area contributed by atoms with Gasteiger partial charge in [0.05, 0.1) is 23.3 Å². The molecule has 0 N–H and O–H groups in total. The molecular weight excluding hydrogens is 198 g/mol. The van der Waals surface area contributed by atoms with Crippen molar-refractivity contribution >= 4 is 17.1 Å². The molecule has 0 bridgehead atoms. The van der Waals surface area contributed by atoms with Gasteiger partial charge in [-0.05, 0) is 24.3 Å². The first-order valence-corrected chi connectivity index (χ1v) is 5.15. The second kappa shape index (κ2) is 3.52. The SMILES string of the molecule is CN1[C]N(c2cccnc2)c2ccccc21. The summed E-state index contributed by atoms with van der Waals surface area (Å²) in [7, 11) is 2.00. The Labute approximate surface area is 95.0 Å². The minimum atomic E-state index is 1.03. The van der Waals surface area contributed by atoms with E-state index in [1.54, 1.807) is 6.20 Å². The lowest BCUT2D eigenvalue weighted by molar-refractivity contribution is 1.07. The molecular formula is C13H11N3. The van der Waals surface area contributed by atoms with Crippen molar-refractivity contribution in [2.75, 3.05) is 16.8 Å². The average molecular weight is 209 g/mol. The van der Waals surface area contributed by atoms with Crippen LogP contribution < -0.4 is 9.80 Å². The molecule has 1 aromatic heterocycles. The fraction of sp³-hybridized carbons (Fsp3) is 0.0769. The third kappa shape index (κ3) is 1.33. The van der Waals surface area contributed by atoms with Gasteiger partial charge in [0.15, 0.2) is 0 Å². The van der Waals surface area contributed by atoms with E-state index in [-0.39, 0.29) is 0 Å². The van der Waals surface area contributed by atoms with Gasteiger partial charge in [-0.3, -0.25) is 4.98 Å². The Morgan fingerprint density at radius 2 is 1.88 bits per heavy atom. The van der Waals surface area contributed by atoms with Gasteiger partial charge in [-0.2, -0.15) is 0 Å². The lowest BCUT2D eigenvalue weighted by Crippen LogP contribution is -2.17. The maximum absolute atomic E-state index is 4.13. The summed E-state index contributed by atoms with van der Waals surface area (Å²) in [5, 5.41) is 0. The maximum atomic E-state index is 4.13. The predicted molar refractivity (Wildman–Crippen MR) is 64.5 cm³/mol. The molecule has 2 aromatic rings. The molecule has 2 radical (unpaired) electrons. The fourth-order valence-electron chi connectivity index (χ4n) is 1.88. The molecule has 3 heteroatoms. The summed E-state index contributed by atoms with van der Waals surface area (Å²) >= 11 is 0. The first-order chi connectivity index (χ1) is 7.86. The molecule has 2 heterocycles. The third-order valence-corrected chi connectivity index (χ3v) is 2.64. The summed E-state index contributed by atoms with van der Waals surface area (Å²) in [4.78, 5) is 8.13. The van der Waals surface area contributed by atoms with E-state index in [1.165, 1.54) is 0 Å². The van der Waals surface area contributed by atoms with Crippen LogP contribution in [-0.4, -0.2) is 12.0 Å². The van der Waals surface area contributed by atoms with E-state index in [1.807, 2.05) is 47.3 Å². The molecule has 0 fully saturated rings. The molecule has 3 rings (SSSR count). The van der Waals surface area contributed by atoms with Crippen LogP contribution in [0.25, 0.3) is 0 Å². The van der Waals surface area contributed by atoms with Crippen LogP contribution in [0.1, 0.15) is 0 Å². The molecule has 3 nitrogen and oxygen atoms in total. The Morgan fingerprint density at radius 3 is 2.62 bits per heavy atom. The number of aromatic nitrogens is 1. The van der Waals surface area contributed by atoms with E-state index >= 15 is 0 Å². The summed E-state index contributed by atoms with van der Waals surface area (Å²) in [5.41, 5.74) is 3.32. The number of anilines is 3. The van der Waals surface area contributed by atoms with Gasteiger partial charge in [0.2, 0.25) is 6.67 Å². The maximum Gasteiger partial charge on any atom is 0.213 e. The summed E-state index contributed by atoms with van der Waals surface area (Å²) in [6.45, 7) is 3.26. The summed E-state index contributed by atoms with van der Waals surface area (Å²) in [5.74, 6) is 0. The molecule has 0 spiro atoms. The minimum Gasteiger partial charge on any atom is -0.342 e. The van der Waals surface area contributed by atoms with Gasteiger partial charge in [0.1, 0.15) is 0 Å². The number of nitrogens with zero attached hydrogens (tertiary/aromatic N) is 3. The summed E-state index contributed by atoms with van der Waals surface area (Å²) in [6, 6.07) is 12.2. The van der Waals surface area contributed by atoms with Gasteiger partial charge in [0.25, 0.3) is 0 Å². The van der Waals surface area contributed by atoms with Gasteiger partial charge in [0, 0.05) is 13.2 Å². The Bertz CT molecular complexity index is 496. The van der Waals surface area contributed by atoms with E-state index in [4.69, 9.17) is 0 Å². The third-order valence-electron chi connectivity index (χ3n) is 2.64. The zero-order valence-corrected chi connectivity index (χ0v) is 8.96. The van der Waals surface area contributed by atoms with Crippen LogP contribution >= 0.6 is 0 Å². The van der Waals surface area contributed by atoms with Crippen LogP contribution in [0.15, 0.2) is 48.8 Å². The molecule has 0 atom stereocenters. The molecule has 78 valence electrons. The molecule has 1 aliphatic heterocycles. The van der Waals surface area contributed by atoms with Crippen LogP contribution in [-0.2, 0) is 0 Å². The zero-order valence-electron chi connectivity index (χ0n) is 8.96. The van der Waals surface area contributed by atoms with Crippen molar-refractivity contribution in [3.8, 4) is 0 Å². The first-order valence-electron chi connectivity index (χ1n) is 5.15. The summed E-state index contributed by atoms with van der Waals surface area (Å²) in [6.07, 6.45) is 3.61. The molecule has 0 aliphatic carbocycles. The highest BCUT2D eigenvalue weighted by molar-refractivity contribution is 5.84. The number of hydrogen-bond acceptors (Lipinski definition) is 3. The van der Waals surface area contributed by atoms with Gasteiger partial charge in [-0.1, -0.05) is 12.1 Å². The highest BCUT2D eigenvalue weighted by Crippen LogP contribution is 2.40. The normalized spacial score (nSPS) is 14.1. The molecule has 1 aliphatic rings. The van der Waals surface area contributed by atoms with E-state index in [2.05, 4.69) is 23.8 Å². The monoisotopic (exact) mass is 209 g/mol. The minimum absolute atomic E-state index is 1.03. The van der Waals surface area contributed by atoms with E-state index in [0.29, 0.717) is 0 Å². The van der Waals surface area contributed by atoms with Crippen LogP contribution in [0.3, 0.4) is 0 Å². The standard InChI is InChI=1S/C13H11N3/c1-15-10-16(11-5-4-8-14-9-11)13-7-3-2-6-12(13)15/h2-9H,1H3. The lowest BCUT2D eigenvalue weighted by Gasteiger charge is -2.16. The van der Waals surface area contributed by atoms with E-state index < -0.39 is 0 Å². The van der Waals surface area contributed by atoms with E-state index in [0.717, 1.165) is 17.1 Å². The molecule has 0 unspecified atom stereocenters. The van der Waals surface area contributed by atoms with E-state index in [9.17, 15) is 0 Å². The largest absolute Gasteiger partial charge is 0.342 e. The fourth-order valence-corrected chi connectivity index (χ4v) is 1.88. The van der Waals surface area contributed by atoms with Crippen molar-refractivity contribution in [2.24, 2.45) is 0 Å². The zero-order chi connectivity index (χ0) is 11.0. The number of hydrogen-bond donors (Lipinski definition) is 0.